The lowest BCUT2D eigenvalue weighted by atomic mass is 9.88. The molecular formula is C71H53N3. The largest absolute Gasteiger partial charge is 0.310 e. The molecule has 14 rings (SSSR count). The van der Waals surface area contributed by atoms with Crippen LogP contribution >= 0.6 is 0 Å². The second-order valence-electron chi connectivity index (χ2n) is 20.4. The van der Waals surface area contributed by atoms with Crippen LogP contribution in [0.25, 0.3) is 99.0 Å². The van der Waals surface area contributed by atoms with Crippen LogP contribution in [0.2, 0.25) is 0 Å². The molecule has 0 amide bonds. The van der Waals surface area contributed by atoms with Gasteiger partial charge in [-0.2, -0.15) is 0 Å². The minimum atomic E-state index is 0.837. The highest BCUT2D eigenvalue weighted by Gasteiger charge is 2.27. The minimum absolute atomic E-state index is 0.837. The molecule has 0 saturated heterocycles. The molecule has 0 N–H and O–H groups in total. The van der Waals surface area contributed by atoms with Gasteiger partial charge in [0.1, 0.15) is 0 Å². The van der Waals surface area contributed by atoms with Gasteiger partial charge in [0.2, 0.25) is 0 Å². The third kappa shape index (κ3) is 7.03. The normalized spacial score (nSPS) is 12.2. The fourth-order valence-electron chi connectivity index (χ4n) is 12.5. The Bertz CT molecular complexity index is 4440. The molecule has 0 unspecified atom stereocenters. The molecule has 74 heavy (non-hydrogen) atoms. The molecule has 0 aliphatic carbocycles. The molecule has 0 fully saturated rings. The van der Waals surface area contributed by atoms with Gasteiger partial charge in [-0.05, 0) is 156 Å². The monoisotopic (exact) mass is 947 g/mol. The molecule has 0 aliphatic rings. The maximum absolute atomic E-state index is 2.58. The predicted octanol–water partition coefficient (Wildman–Crippen LogP) is 19.3. The number of anilines is 3. The van der Waals surface area contributed by atoms with Crippen molar-refractivity contribution in [2.45, 2.75) is 34.1 Å². The Morgan fingerprint density at radius 2 is 0.811 bits per heavy atom. The standard InChI is InChI=1S/C71H53N3/c1-45-35-46(2)38-56(37-45)73-64-43-50(42-52(51-21-11-6-12-22-51)41-49-19-9-5-10-20-49)31-33-58(64)68-60-27-17-30-63-66(60)67-61(28-18-29-62(67)70(68)73)69-59-34-32-55(72(53-23-13-7-14-24-53)54-25-15-8-16-26-54)44-65(59)74(71(63)69)57-39-47(3)36-48(4)40-57/h5-40,42-44H,41H2,1-4H3/b52-42-. The average Bonchev–Trinajstić information content (AvgIpc) is 3.95. The Labute approximate surface area is 431 Å². The number of aromatic nitrogens is 2. The molecule has 3 heteroatoms. The van der Waals surface area contributed by atoms with Gasteiger partial charge in [-0.1, -0.05) is 170 Å². The van der Waals surface area contributed by atoms with Gasteiger partial charge in [-0.15, -0.1) is 0 Å². The van der Waals surface area contributed by atoms with Crippen molar-refractivity contribution in [3.8, 4) is 11.4 Å². The number of aryl methyl sites for hydroxylation is 4. The molecule has 3 nitrogen and oxygen atoms in total. The first kappa shape index (κ1) is 43.6. The topological polar surface area (TPSA) is 13.1 Å². The Morgan fingerprint density at radius 1 is 0.365 bits per heavy atom. The van der Waals surface area contributed by atoms with Crippen LogP contribution < -0.4 is 4.90 Å². The summed E-state index contributed by atoms with van der Waals surface area (Å²) in [4.78, 5) is 2.38. The van der Waals surface area contributed by atoms with Crippen LogP contribution in [0.15, 0.2) is 231 Å². The molecule has 12 aromatic carbocycles. The number of hydrogen-bond donors (Lipinski definition) is 0. The second-order valence-corrected chi connectivity index (χ2v) is 20.4. The van der Waals surface area contributed by atoms with Crippen molar-refractivity contribution in [1.82, 2.24) is 9.13 Å². The summed E-state index contributed by atoms with van der Waals surface area (Å²) >= 11 is 0. The maximum atomic E-state index is 2.58. The smallest absolute Gasteiger partial charge is 0.0626 e. The third-order valence-corrected chi connectivity index (χ3v) is 15.3. The summed E-state index contributed by atoms with van der Waals surface area (Å²) in [5.41, 5.74) is 20.5. The molecule has 0 radical (unpaired) electrons. The number of fused-ring (bicyclic) bond motifs is 10. The average molecular weight is 948 g/mol. The van der Waals surface area contributed by atoms with Crippen LogP contribution in [0.3, 0.4) is 0 Å². The number of rotatable bonds is 9. The van der Waals surface area contributed by atoms with Crippen LogP contribution in [0.1, 0.15) is 38.9 Å². The van der Waals surface area contributed by atoms with Crippen LogP contribution in [0.5, 0.6) is 0 Å². The fraction of sp³-hybridized carbons (Fsp3) is 0.0704. The molecule has 352 valence electrons. The quantitative estimate of drug-likeness (QED) is 0.104. The molecule has 0 aliphatic heterocycles. The van der Waals surface area contributed by atoms with Crippen LogP contribution in [0, 0.1) is 27.7 Å². The van der Waals surface area contributed by atoms with Crippen molar-refractivity contribution in [3.63, 3.8) is 0 Å². The number of nitrogens with zero attached hydrogens (tertiary/aromatic N) is 3. The van der Waals surface area contributed by atoms with Crippen molar-refractivity contribution >= 4 is 105 Å². The molecule has 2 aromatic heterocycles. The summed E-state index contributed by atoms with van der Waals surface area (Å²) in [6, 6.07) is 85.7. The zero-order valence-electron chi connectivity index (χ0n) is 42.1. The van der Waals surface area contributed by atoms with E-state index in [1.807, 2.05) is 0 Å². The predicted molar refractivity (Wildman–Crippen MR) is 317 cm³/mol. The molecule has 0 spiro atoms. The van der Waals surface area contributed by atoms with Gasteiger partial charge in [0.15, 0.2) is 0 Å². The first-order valence-electron chi connectivity index (χ1n) is 25.9. The summed E-state index contributed by atoms with van der Waals surface area (Å²) in [6.07, 6.45) is 3.24. The van der Waals surface area contributed by atoms with E-state index in [1.165, 1.54) is 132 Å². The molecule has 0 atom stereocenters. The summed E-state index contributed by atoms with van der Waals surface area (Å²) in [5.74, 6) is 0. The summed E-state index contributed by atoms with van der Waals surface area (Å²) in [6.45, 7) is 8.89. The van der Waals surface area contributed by atoms with Crippen LogP contribution in [-0.2, 0) is 6.42 Å². The van der Waals surface area contributed by atoms with Gasteiger partial charge in [0, 0.05) is 71.5 Å². The van der Waals surface area contributed by atoms with E-state index >= 15 is 0 Å². The highest BCUT2D eigenvalue weighted by atomic mass is 15.1. The van der Waals surface area contributed by atoms with E-state index in [9.17, 15) is 0 Å². The molecule has 2 heterocycles. The van der Waals surface area contributed by atoms with Crippen molar-refractivity contribution in [2.75, 3.05) is 4.90 Å². The molecule has 0 saturated carbocycles. The number of benzene rings is 12. The highest BCUT2D eigenvalue weighted by molar-refractivity contribution is 6.44. The Hall–Kier alpha value is -9.18. The lowest BCUT2D eigenvalue weighted by Crippen LogP contribution is -2.09. The van der Waals surface area contributed by atoms with Crippen molar-refractivity contribution < 1.29 is 0 Å². The van der Waals surface area contributed by atoms with E-state index in [1.54, 1.807) is 0 Å². The second kappa shape index (κ2) is 17.3. The van der Waals surface area contributed by atoms with Gasteiger partial charge in [0.05, 0.1) is 22.1 Å². The maximum Gasteiger partial charge on any atom is 0.0626 e. The van der Waals surface area contributed by atoms with Crippen LogP contribution in [0.4, 0.5) is 17.1 Å². The summed E-state index contributed by atoms with van der Waals surface area (Å²) in [5, 5.41) is 12.7. The van der Waals surface area contributed by atoms with Gasteiger partial charge in [-0.25, -0.2) is 0 Å². The number of allylic oxidation sites excluding steroid dienone is 1. The lowest BCUT2D eigenvalue weighted by molar-refractivity contribution is 1.16. The third-order valence-electron chi connectivity index (χ3n) is 15.3. The van der Waals surface area contributed by atoms with E-state index in [4.69, 9.17) is 0 Å². The zero-order valence-corrected chi connectivity index (χ0v) is 42.1. The number of para-hydroxylation sites is 2. The first-order valence-corrected chi connectivity index (χ1v) is 25.9. The van der Waals surface area contributed by atoms with Crippen molar-refractivity contribution in [2.24, 2.45) is 0 Å². The van der Waals surface area contributed by atoms with E-state index in [-0.39, 0.29) is 0 Å². The lowest BCUT2D eigenvalue weighted by Gasteiger charge is -2.25. The Kier molecular flexibility index (Phi) is 10.2. The van der Waals surface area contributed by atoms with Gasteiger partial charge >= 0.3 is 0 Å². The Balaban J connectivity index is 1.11. The van der Waals surface area contributed by atoms with E-state index in [0.717, 1.165) is 23.5 Å². The molecule has 0 bridgehead atoms. The van der Waals surface area contributed by atoms with Crippen LogP contribution in [-0.4, -0.2) is 9.13 Å². The zero-order chi connectivity index (χ0) is 49.6. The SMILES string of the molecule is Cc1cc(C)cc(-n2c3cc(/C=C(/Cc4ccccc4)c4ccccc4)ccc3c3c4cccc5c4c4c(cccc4c32)c2c3ccc(N(c4ccccc4)c4ccccc4)cc3n(-c3cc(C)cc(C)c3)c52)c1. The number of hydrogen-bond acceptors (Lipinski definition) is 1. The van der Waals surface area contributed by atoms with Crippen molar-refractivity contribution in [1.29, 1.82) is 0 Å². The summed E-state index contributed by atoms with van der Waals surface area (Å²) in [7, 11) is 0. The first-order chi connectivity index (χ1) is 36.3. The van der Waals surface area contributed by atoms with E-state index in [2.05, 4.69) is 278 Å². The van der Waals surface area contributed by atoms with Gasteiger partial charge < -0.3 is 14.0 Å². The van der Waals surface area contributed by atoms with Gasteiger partial charge in [-0.3, -0.25) is 0 Å². The highest BCUT2D eigenvalue weighted by Crippen LogP contribution is 2.51. The molecular weight excluding hydrogens is 895 g/mol. The minimum Gasteiger partial charge on any atom is -0.310 e. The fourth-order valence-corrected chi connectivity index (χ4v) is 12.5. The van der Waals surface area contributed by atoms with Gasteiger partial charge in [0.25, 0.3) is 0 Å². The van der Waals surface area contributed by atoms with E-state index in [0.29, 0.717) is 0 Å². The van der Waals surface area contributed by atoms with Crippen molar-refractivity contribution in [3.05, 3.63) is 269 Å². The summed E-state index contributed by atoms with van der Waals surface area (Å²) < 4.78 is 5.15. The Morgan fingerprint density at radius 3 is 1.32 bits per heavy atom. The molecule has 14 aromatic rings. The van der Waals surface area contributed by atoms with E-state index < -0.39 is 0 Å².